The summed E-state index contributed by atoms with van der Waals surface area (Å²) in [5, 5.41) is 7.77. The Morgan fingerprint density at radius 3 is 2.89 bits per heavy atom. The van der Waals surface area contributed by atoms with Gasteiger partial charge in [0, 0.05) is 18.8 Å². The van der Waals surface area contributed by atoms with Crippen LogP contribution in [0.25, 0.3) is 0 Å². The van der Waals surface area contributed by atoms with Crippen LogP contribution in [0.4, 0.5) is 5.69 Å². The summed E-state index contributed by atoms with van der Waals surface area (Å²) in [7, 11) is 0. The summed E-state index contributed by atoms with van der Waals surface area (Å²) < 4.78 is 5.50. The van der Waals surface area contributed by atoms with Gasteiger partial charge in [-0.25, -0.2) is 0 Å². The number of anilines is 1. The lowest BCUT2D eigenvalue weighted by atomic mass is 10.2. The molecule has 0 bridgehead atoms. The van der Waals surface area contributed by atoms with E-state index in [1.807, 2.05) is 6.07 Å². The minimum absolute atomic E-state index is 0.263. The second-order valence-corrected chi connectivity index (χ2v) is 5.32. The van der Waals surface area contributed by atoms with E-state index >= 15 is 0 Å². The van der Waals surface area contributed by atoms with Crippen molar-refractivity contribution in [1.82, 2.24) is 5.32 Å². The van der Waals surface area contributed by atoms with Crippen molar-refractivity contribution >= 4 is 46.2 Å². The van der Waals surface area contributed by atoms with E-state index in [0.717, 1.165) is 31.7 Å². The highest BCUT2D eigenvalue weighted by Crippen LogP contribution is 2.24. The summed E-state index contributed by atoms with van der Waals surface area (Å²) in [6.07, 6.45) is 2.47. The molecule has 1 saturated heterocycles. The van der Waals surface area contributed by atoms with Crippen molar-refractivity contribution < 1.29 is 4.74 Å². The van der Waals surface area contributed by atoms with Gasteiger partial charge in [0.15, 0.2) is 5.11 Å². The Kier molecular flexibility index (Phi) is 5.06. The molecule has 3 nitrogen and oxygen atoms in total. The van der Waals surface area contributed by atoms with Gasteiger partial charge in [0.1, 0.15) is 0 Å². The molecular weight excluding hydrogens is 291 g/mol. The summed E-state index contributed by atoms with van der Waals surface area (Å²) in [5.41, 5.74) is 0.814. The van der Waals surface area contributed by atoms with Gasteiger partial charge < -0.3 is 15.4 Å². The zero-order chi connectivity index (χ0) is 13.0. The molecule has 2 N–H and O–H groups in total. The third-order valence-electron chi connectivity index (χ3n) is 2.69. The Balaban J connectivity index is 1.80. The fourth-order valence-electron chi connectivity index (χ4n) is 1.76. The van der Waals surface area contributed by atoms with Crippen LogP contribution >= 0.6 is 35.4 Å². The SMILES string of the molecule is S=C(NC[C@@H]1CCCO1)Nc1ccc(Cl)c(Cl)c1. The molecule has 1 aliphatic rings. The Bertz CT molecular complexity index is 436. The zero-order valence-electron chi connectivity index (χ0n) is 9.71. The number of nitrogens with one attached hydrogen (secondary N) is 2. The van der Waals surface area contributed by atoms with Gasteiger partial charge in [-0.1, -0.05) is 23.2 Å². The highest BCUT2D eigenvalue weighted by atomic mass is 35.5. The summed E-state index contributed by atoms with van der Waals surface area (Å²) in [4.78, 5) is 0. The Morgan fingerprint density at radius 2 is 2.22 bits per heavy atom. The highest BCUT2D eigenvalue weighted by Gasteiger charge is 2.15. The molecule has 0 spiro atoms. The molecule has 1 atom stereocenters. The van der Waals surface area contributed by atoms with E-state index < -0.39 is 0 Å². The van der Waals surface area contributed by atoms with Crippen LogP contribution in [0.2, 0.25) is 10.0 Å². The molecule has 0 aromatic heterocycles. The third kappa shape index (κ3) is 3.99. The fourth-order valence-corrected chi connectivity index (χ4v) is 2.26. The standard InChI is InChI=1S/C12H14Cl2N2OS/c13-10-4-3-8(6-11(10)14)16-12(18)15-7-9-2-1-5-17-9/h3-4,6,9H,1-2,5,7H2,(H2,15,16,18)/t9-/m0/s1. The number of hydrogen-bond acceptors (Lipinski definition) is 2. The first-order valence-corrected chi connectivity index (χ1v) is 6.93. The van der Waals surface area contributed by atoms with Crippen LogP contribution in [0.1, 0.15) is 12.8 Å². The molecule has 18 heavy (non-hydrogen) atoms. The largest absolute Gasteiger partial charge is 0.376 e. The predicted octanol–water partition coefficient (Wildman–Crippen LogP) is 3.46. The average Bonchev–Trinajstić information content (AvgIpc) is 2.84. The molecule has 1 heterocycles. The first kappa shape index (κ1) is 13.9. The van der Waals surface area contributed by atoms with Crippen molar-refractivity contribution in [1.29, 1.82) is 0 Å². The molecule has 2 rings (SSSR count). The van der Waals surface area contributed by atoms with E-state index in [1.54, 1.807) is 12.1 Å². The van der Waals surface area contributed by atoms with E-state index in [1.165, 1.54) is 0 Å². The molecule has 0 radical (unpaired) electrons. The van der Waals surface area contributed by atoms with Crippen LogP contribution in [-0.2, 0) is 4.74 Å². The molecule has 0 unspecified atom stereocenters. The van der Waals surface area contributed by atoms with E-state index in [2.05, 4.69) is 10.6 Å². The van der Waals surface area contributed by atoms with Gasteiger partial charge in [0.05, 0.1) is 16.1 Å². The molecule has 98 valence electrons. The van der Waals surface area contributed by atoms with Crippen LogP contribution in [-0.4, -0.2) is 24.4 Å². The van der Waals surface area contributed by atoms with E-state index in [4.69, 9.17) is 40.2 Å². The minimum atomic E-state index is 0.263. The van der Waals surface area contributed by atoms with Gasteiger partial charge in [-0.2, -0.15) is 0 Å². The number of halogens is 2. The van der Waals surface area contributed by atoms with Gasteiger partial charge in [-0.15, -0.1) is 0 Å². The maximum absolute atomic E-state index is 5.92. The van der Waals surface area contributed by atoms with Crippen molar-refractivity contribution in [2.75, 3.05) is 18.5 Å². The van der Waals surface area contributed by atoms with Crippen molar-refractivity contribution in [2.24, 2.45) is 0 Å². The second-order valence-electron chi connectivity index (χ2n) is 4.10. The Labute approximate surface area is 122 Å². The van der Waals surface area contributed by atoms with Crippen LogP contribution in [0.5, 0.6) is 0 Å². The topological polar surface area (TPSA) is 33.3 Å². The lowest BCUT2D eigenvalue weighted by Gasteiger charge is -2.14. The summed E-state index contributed by atoms with van der Waals surface area (Å²) in [6.45, 7) is 1.58. The number of benzene rings is 1. The van der Waals surface area contributed by atoms with E-state index in [-0.39, 0.29) is 6.10 Å². The number of thiocarbonyl (C=S) groups is 1. The third-order valence-corrected chi connectivity index (χ3v) is 3.68. The smallest absolute Gasteiger partial charge is 0.170 e. The summed E-state index contributed by atoms with van der Waals surface area (Å²) >= 11 is 17.0. The molecule has 6 heteroatoms. The highest BCUT2D eigenvalue weighted by molar-refractivity contribution is 7.80. The van der Waals surface area contributed by atoms with Crippen molar-refractivity contribution in [3.05, 3.63) is 28.2 Å². The molecule has 1 fully saturated rings. The molecule has 0 aliphatic carbocycles. The Hall–Kier alpha value is -0.550. The number of rotatable bonds is 3. The normalized spacial score (nSPS) is 18.7. The molecule has 0 saturated carbocycles. The van der Waals surface area contributed by atoms with Crippen LogP contribution < -0.4 is 10.6 Å². The lowest BCUT2D eigenvalue weighted by Crippen LogP contribution is -2.34. The second kappa shape index (κ2) is 6.57. The van der Waals surface area contributed by atoms with Crippen LogP contribution in [0.3, 0.4) is 0 Å². The lowest BCUT2D eigenvalue weighted by molar-refractivity contribution is 0.114. The fraction of sp³-hybridized carbons (Fsp3) is 0.417. The Morgan fingerprint density at radius 1 is 1.39 bits per heavy atom. The molecule has 1 aliphatic heterocycles. The first-order valence-electron chi connectivity index (χ1n) is 5.76. The zero-order valence-corrected chi connectivity index (χ0v) is 12.0. The number of hydrogen-bond donors (Lipinski definition) is 2. The summed E-state index contributed by atoms with van der Waals surface area (Å²) in [5.74, 6) is 0. The van der Waals surface area contributed by atoms with Gasteiger partial charge in [-0.05, 0) is 43.3 Å². The van der Waals surface area contributed by atoms with Crippen molar-refractivity contribution in [2.45, 2.75) is 18.9 Å². The van der Waals surface area contributed by atoms with Gasteiger partial charge in [0.2, 0.25) is 0 Å². The van der Waals surface area contributed by atoms with Gasteiger partial charge in [0.25, 0.3) is 0 Å². The van der Waals surface area contributed by atoms with Gasteiger partial charge in [-0.3, -0.25) is 0 Å². The van der Waals surface area contributed by atoms with E-state index in [0.29, 0.717) is 15.2 Å². The summed E-state index contributed by atoms with van der Waals surface area (Å²) in [6, 6.07) is 5.30. The molecule has 1 aromatic carbocycles. The van der Waals surface area contributed by atoms with Crippen LogP contribution in [0.15, 0.2) is 18.2 Å². The minimum Gasteiger partial charge on any atom is -0.376 e. The molecule has 1 aromatic rings. The van der Waals surface area contributed by atoms with Crippen molar-refractivity contribution in [3.63, 3.8) is 0 Å². The van der Waals surface area contributed by atoms with Crippen LogP contribution in [0, 0.1) is 0 Å². The maximum Gasteiger partial charge on any atom is 0.170 e. The maximum atomic E-state index is 5.92. The predicted molar refractivity (Wildman–Crippen MR) is 79.7 cm³/mol. The first-order chi connectivity index (χ1) is 8.65. The number of ether oxygens (including phenoxy) is 1. The quantitative estimate of drug-likeness (QED) is 0.838. The van der Waals surface area contributed by atoms with E-state index in [9.17, 15) is 0 Å². The monoisotopic (exact) mass is 304 g/mol. The molecule has 0 amide bonds. The van der Waals surface area contributed by atoms with Gasteiger partial charge >= 0.3 is 0 Å². The average molecular weight is 305 g/mol. The van der Waals surface area contributed by atoms with Crippen molar-refractivity contribution in [3.8, 4) is 0 Å². The molecular formula is C12H14Cl2N2OS.